The molecule has 7 nitrogen and oxygen atoms in total. The maximum absolute atomic E-state index is 12.5. The number of hydrogen-bond donors (Lipinski definition) is 2. The molecule has 3 rings (SSSR count). The molecule has 1 fully saturated rings. The maximum atomic E-state index is 12.5. The van der Waals surface area contributed by atoms with E-state index in [0.29, 0.717) is 18.5 Å². The molecule has 0 radical (unpaired) electrons. The summed E-state index contributed by atoms with van der Waals surface area (Å²) in [6.45, 7) is 1.77. The van der Waals surface area contributed by atoms with Gasteiger partial charge in [0.25, 0.3) is 5.91 Å². The van der Waals surface area contributed by atoms with Gasteiger partial charge in [-0.15, -0.1) is 5.10 Å². The normalized spacial score (nSPS) is 15.7. The number of carbonyl (C=O) groups excluding carboxylic acids is 1. The van der Waals surface area contributed by atoms with Crippen LogP contribution in [0.1, 0.15) is 41.9 Å². The Morgan fingerprint density at radius 3 is 2.57 bits per heavy atom. The van der Waals surface area contributed by atoms with E-state index in [1.165, 1.54) is 0 Å². The monoisotopic (exact) mass is 314 g/mol. The molecule has 0 unspecified atom stereocenters. The van der Waals surface area contributed by atoms with Crippen LogP contribution in [0.2, 0.25) is 0 Å². The Kier molecular flexibility index (Phi) is 3.85. The number of amides is 1. The van der Waals surface area contributed by atoms with Gasteiger partial charge in [-0.2, -0.15) is 0 Å². The highest BCUT2D eigenvalue weighted by Crippen LogP contribution is 2.35. The fourth-order valence-electron chi connectivity index (χ4n) is 2.89. The van der Waals surface area contributed by atoms with Crippen LogP contribution in [-0.2, 0) is 4.79 Å². The molecular weight excluding hydrogens is 296 g/mol. The number of carboxylic acid groups (broad SMARTS) is 1. The zero-order chi connectivity index (χ0) is 16.4. The smallest absolute Gasteiger partial charge is 0.305 e. The van der Waals surface area contributed by atoms with Crippen molar-refractivity contribution in [1.82, 2.24) is 20.3 Å². The highest BCUT2D eigenvalue weighted by atomic mass is 16.4. The van der Waals surface area contributed by atoms with Gasteiger partial charge in [0, 0.05) is 0 Å². The van der Waals surface area contributed by atoms with Gasteiger partial charge in [0.2, 0.25) is 0 Å². The van der Waals surface area contributed by atoms with E-state index < -0.39 is 11.5 Å². The van der Waals surface area contributed by atoms with Crippen molar-refractivity contribution in [1.29, 1.82) is 0 Å². The van der Waals surface area contributed by atoms with E-state index in [0.717, 1.165) is 12.1 Å². The Balaban J connectivity index is 1.81. The largest absolute Gasteiger partial charge is 0.481 e. The van der Waals surface area contributed by atoms with E-state index in [1.807, 2.05) is 30.3 Å². The average Bonchev–Trinajstić information content (AvgIpc) is 2.87. The topological polar surface area (TPSA) is 97.1 Å². The van der Waals surface area contributed by atoms with Gasteiger partial charge in [0.1, 0.15) is 0 Å². The predicted octanol–water partition coefficient (Wildman–Crippen LogP) is 1.70. The van der Waals surface area contributed by atoms with Gasteiger partial charge in [0.15, 0.2) is 5.69 Å². The van der Waals surface area contributed by atoms with E-state index in [4.69, 9.17) is 5.11 Å². The molecule has 1 saturated carbocycles. The minimum atomic E-state index is -0.908. The second-order valence-electron chi connectivity index (χ2n) is 5.93. The molecule has 1 aromatic heterocycles. The fourth-order valence-corrected chi connectivity index (χ4v) is 2.89. The van der Waals surface area contributed by atoms with E-state index in [1.54, 1.807) is 11.6 Å². The summed E-state index contributed by atoms with van der Waals surface area (Å²) in [7, 11) is 0. The summed E-state index contributed by atoms with van der Waals surface area (Å²) in [6, 6.07) is 9.41. The summed E-state index contributed by atoms with van der Waals surface area (Å²) in [5.41, 5.74) is 1.02. The number of carboxylic acids is 1. The summed E-state index contributed by atoms with van der Waals surface area (Å²) in [6.07, 6.45) is 2.21. The van der Waals surface area contributed by atoms with Crippen molar-refractivity contribution in [2.75, 3.05) is 0 Å². The van der Waals surface area contributed by atoms with Crippen molar-refractivity contribution in [2.45, 2.75) is 38.1 Å². The zero-order valence-corrected chi connectivity index (χ0v) is 12.8. The van der Waals surface area contributed by atoms with Crippen molar-refractivity contribution < 1.29 is 14.7 Å². The van der Waals surface area contributed by atoms with E-state index in [2.05, 4.69) is 15.6 Å². The molecule has 7 heteroatoms. The lowest BCUT2D eigenvalue weighted by Gasteiger charge is -2.41. The van der Waals surface area contributed by atoms with Crippen LogP contribution >= 0.6 is 0 Å². The third-order valence-electron chi connectivity index (χ3n) is 4.29. The van der Waals surface area contributed by atoms with Crippen LogP contribution in [0.3, 0.4) is 0 Å². The first-order valence-electron chi connectivity index (χ1n) is 7.53. The van der Waals surface area contributed by atoms with Crippen molar-refractivity contribution in [2.24, 2.45) is 0 Å². The minimum Gasteiger partial charge on any atom is -0.481 e. The van der Waals surface area contributed by atoms with Crippen molar-refractivity contribution in [3.05, 3.63) is 41.7 Å². The molecule has 2 N–H and O–H groups in total. The zero-order valence-electron chi connectivity index (χ0n) is 12.8. The Labute approximate surface area is 133 Å². The number of para-hydroxylation sites is 1. The Morgan fingerprint density at radius 2 is 2.00 bits per heavy atom. The molecule has 1 aliphatic rings. The number of aliphatic carboxylic acids is 1. The number of rotatable bonds is 5. The standard InChI is InChI=1S/C16H18N4O3/c1-11-14(18-19-20(11)12-6-3-2-4-7-12)15(23)17-16(8-5-9-16)10-13(21)22/h2-4,6-7H,5,8-10H2,1H3,(H,17,23)(H,21,22). The molecule has 1 aromatic carbocycles. The van der Waals surface area contributed by atoms with Crippen LogP contribution < -0.4 is 5.32 Å². The molecular formula is C16H18N4O3. The summed E-state index contributed by atoms with van der Waals surface area (Å²) >= 11 is 0. The molecule has 0 bridgehead atoms. The quantitative estimate of drug-likeness (QED) is 0.875. The van der Waals surface area contributed by atoms with Crippen LogP contribution in [0.4, 0.5) is 0 Å². The highest BCUT2D eigenvalue weighted by Gasteiger charge is 2.41. The van der Waals surface area contributed by atoms with Gasteiger partial charge in [0.05, 0.1) is 23.3 Å². The third kappa shape index (κ3) is 2.94. The van der Waals surface area contributed by atoms with Crippen molar-refractivity contribution in [3.63, 3.8) is 0 Å². The molecule has 120 valence electrons. The molecule has 1 amide bonds. The van der Waals surface area contributed by atoms with E-state index in [9.17, 15) is 9.59 Å². The lowest BCUT2D eigenvalue weighted by atomic mass is 9.74. The minimum absolute atomic E-state index is 0.0649. The van der Waals surface area contributed by atoms with Gasteiger partial charge >= 0.3 is 5.97 Å². The van der Waals surface area contributed by atoms with Crippen LogP contribution in [0.15, 0.2) is 30.3 Å². The van der Waals surface area contributed by atoms with Gasteiger partial charge in [-0.3, -0.25) is 9.59 Å². The van der Waals surface area contributed by atoms with Crippen LogP contribution in [0, 0.1) is 6.92 Å². The lowest BCUT2D eigenvalue weighted by Crippen LogP contribution is -2.54. The van der Waals surface area contributed by atoms with Crippen molar-refractivity contribution in [3.8, 4) is 5.69 Å². The highest BCUT2D eigenvalue weighted by molar-refractivity contribution is 5.94. The van der Waals surface area contributed by atoms with Gasteiger partial charge < -0.3 is 10.4 Å². The number of benzene rings is 1. The van der Waals surface area contributed by atoms with Gasteiger partial charge in [-0.25, -0.2) is 4.68 Å². The van der Waals surface area contributed by atoms with Crippen LogP contribution in [0.5, 0.6) is 0 Å². The molecule has 0 atom stereocenters. The van der Waals surface area contributed by atoms with Crippen LogP contribution in [0.25, 0.3) is 5.69 Å². The molecule has 0 aliphatic heterocycles. The number of nitrogens with one attached hydrogen (secondary N) is 1. The molecule has 23 heavy (non-hydrogen) atoms. The molecule has 2 aromatic rings. The predicted molar refractivity (Wildman–Crippen MR) is 82.4 cm³/mol. The maximum Gasteiger partial charge on any atom is 0.305 e. The SMILES string of the molecule is Cc1c(C(=O)NC2(CC(=O)O)CCC2)nnn1-c1ccccc1. The van der Waals surface area contributed by atoms with E-state index in [-0.39, 0.29) is 18.0 Å². The molecule has 0 spiro atoms. The number of hydrogen-bond acceptors (Lipinski definition) is 4. The Bertz CT molecular complexity index is 735. The second-order valence-corrected chi connectivity index (χ2v) is 5.93. The van der Waals surface area contributed by atoms with Crippen LogP contribution in [-0.4, -0.2) is 37.5 Å². The summed E-state index contributed by atoms with van der Waals surface area (Å²) in [4.78, 5) is 23.5. The van der Waals surface area contributed by atoms with Gasteiger partial charge in [-0.1, -0.05) is 23.4 Å². The molecule has 0 saturated heterocycles. The first-order chi connectivity index (χ1) is 11.0. The lowest BCUT2D eigenvalue weighted by molar-refractivity contribution is -0.139. The summed E-state index contributed by atoms with van der Waals surface area (Å²) in [5.74, 6) is -1.28. The first-order valence-corrected chi connectivity index (χ1v) is 7.53. The molecule has 1 aliphatic carbocycles. The third-order valence-corrected chi connectivity index (χ3v) is 4.29. The van der Waals surface area contributed by atoms with Crippen molar-refractivity contribution >= 4 is 11.9 Å². The van der Waals surface area contributed by atoms with E-state index >= 15 is 0 Å². The number of nitrogens with zero attached hydrogens (tertiary/aromatic N) is 3. The second kappa shape index (κ2) is 5.83. The fraction of sp³-hybridized carbons (Fsp3) is 0.375. The first kappa shape index (κ1) is 15.2. The number of carbonyl (C=O) groups is 2. The summed E-state index contributed by atoms with van der Waals surface area (Å²) in [5, 5.41) is 19.9. The summed E-state index contributed by atoms with van der Waals surface area (Å²) < 4.78 is 1.60. The van der Waals surface area contributed by atoms with Gasteiger partial charge in [-0.05, 0) is 38.3 Å². The Hall–Kier alpha value is -2.70. The molecule has 1 heterocycles. The average molecular weight is 314 g/mol. The number of aromatic nitrogens is 3. The Morgan fingerprint density at radius 1 is 1.30 bits per heavy atom.